The number of quaternary nitrogens is 1. The second-order valence-corrected chi connectivity index (χ2v) is 8.55. The summed E-state index contributed by atoms with van der Waals surface area (Å²) in [6.07, 6.45) is 0.876. The minimum absolute atomic E-state index is 0.236. The van der Waals surface area contributed by atoms with E-state index in [0.717, 1.165) is 18.7 Å². The Bertz CT molecular complexity index is 897. The van der Waals surface area contributed by atoms with E-state index in [2.05, 4.69) is 0 Å². The molecule has 9 heteroatoms. The maximum Gasteiger partial charge on any atom is 0.289 e. The molecule has 0 radical (unpaired) electrons. The van der Waals surface area contributed by atoms with E-state index in [4.69, 9.17) is 4.74 Å². The van der Waals surface area contributed by atoms with Gasteiger partial charge in [-0.2, -0.15) is 4.31 Å². The third kappa shape index (κ3) is 4.86. The van der Waals surface area contributed by atoms with Crippen LogP contribution in [0, 0.1) is 10.1 Å². The summed E-state index contributed by atoms with van der Waals surface area (Å²) < 4.78 is 32.7. The monoisotopic (exact) mass is 406 g/mol. The van der Waals surface area contributed by atoms with Crippen molar-refractivity contribution in [1.82, 2.24) is 4.31 Å². The van der Waals surface area contributed by atoms with Crippen LogP contribution in [0.1, 0.15) is 6.42 Å². The van der Waals surface area contributed by atoms with Crippen molar-refractivity contribution in [2.75, 3.05) is 39.3 Å². The molecule has 0 bridgehead atoms. The Hall–Kier alpha value is -2.49. The standard InChI is InChI=1S/C19H23N3O5S/c23-22(24)18-9-4-5-10-19(18)28(25,26)21-14-12-20(13-15-21)11-6-16-27-17-7-2-1-3-8-17/h1-5,7-10H,6,11-16H2/p+1. The number of ether oxygens (including phenoxy) is 1. The molecular weight excluding hydrogens is 382 g/mol. The first-order valence-electron chi connectivity index (χ1n) is 9.23. The number of hydrogen-bond donors (Lipinski definition) is 1. The average Bonchev–Trinajstić information content (AvgIpc) is 2.72. The molecule has 150 valence electrons. The molecule has 1 aliphatic heterocycles. The van der Waals surface area contributed by atoms with Crippen LogP contribution in [0.3, 0.4) is 0 Å². The lowest BCUT2D eigenvalue weighted by atomic mass is 10.3. The first-order chi connectivity index (χ1) is 13.5. The SMILES string of the molecule is O=[N+]([O-])c1ccccc1S(=O)(=O)N1CC[NH+](CCCOc2ccccc2)CC1. The van der Waals surface area contributed by atoms with E-state index >= 15 is 0 Å². The number of benzene rings is 2. The summed E-state index contributed by atoms with van der Waals surface area (Å²) in [6.45, 7) is 3.56. The highest BCUT2D eigenvalue weighted by Crippen LogP contribution is 2.26. The number of sulfonamides is 1. The number of rotatable bonds is 8. The van der Waals surface area contributed by atoms with Gasteiger partial charge in [0.25, 0.3) is 5.69 Å². The van der Waals surface area contributed by atoms with Crippen molar-refractivity contribution in [2.24, 2.45) is 0 Å². The Morgan fingerprint density at radius 1 is 1.04 bits per heavy atom. The molecule has 28 heavy (non-hydrogen) atoms. The van der Waals surface area contributed by atoms with Crippen molar-refractivity contribution >= 4 is 15.7 Å². The van der Waals surface area contributed by atoms with Gasteiger partial charge in [0.2, 0.25) is 10.0 Å². The highest BCUT2D eigenvalue weighted by atomic mass is 32.2. The van der Waals surface area contributed by atoms with E-state index in [9.17, 15) is 18.5 Å². The minimum Gasteiger partial charge on any atom is -0.493 e. The van der Waals surface area contributed by atoms with Crippen molar-refractivity contribution < 1.29 is 23.0 Å². The first kappa shape index (κ1) is 20.2. The zero-order chi connectivity index (χ0) is 20.0. The molecule has 1 saturated heterocycles. The van der Waals surface area contributed by atoms with Gasteiger partial charge in [-0.15, -0.1) is 0 Å². The van der Waals surface area contributed by atoms with Crippen molar-refractivity contribution in [1.29, 1.82) is 0 Å². The molecule has 1 fully saturated rings. The summed E-state index contributed by atoms with van der Waals surface area (Å²) >= 11 is 0. The first-order valence-corrected chi connectivity index (χ1v) is 10.7. The smallest absolute Gasteiger partial charge is 0.289 e. The molecule has 1 N–H and O–H groups in total. The fourth-order valence-electron chi connectivity index (χ4n) is 3.29. The molecule has 0 saturated carbocycles. The third-order valence-electron chi connectivity index (χ3n) is 4.80. The van der Waals surface area contributed by atoms with Crippen LogP contribution in [0.2, 0.25) is 0 Å². The highest BCUT2D eigenvalue weighted by Gasteiger charge is 2.34. The molecule has 0 atom stereocenters. The number of piperazine rings is 1. The summed E-state index contributed by atoms with van der Waals surface area (Å²) in [4.78, 5) is 11.6. The normalized spacial score (nSPS) is 16.0. The Kier molecular flexibility index (Phi) is 6.61. The molecule has 2 aromatic carbocycles. The number of nitro groups is 1. The number of para-hydroxylation sites is 2. The van der Waals surface area contributed by atoms with Gasteiger partial charge in [-0.1, -0.05) is 30.3 Å². The van der Waals surface area contributed by atoms with E-state index in [-0.39, 0.29) is 10.6 Å². The molecule has 1 heterocycles. The van der Waals surface area contributed by atoms with Gasteiger partial charge in [-0.3, -0.25) is 10.1 Å². The van der Waals surface area contributed by atoms with E-state index in [1.807, 2.05) is 30.3 Å². The lowest BCUT2D eigenvalue weighted by molar-refractivity contribution is -0.903. The van der Waals surface area contributed by atoms with Gasteiger partial charge in [0.15, 0.2) is 4.90 Å². The molecule has 2 aromatic rings. The molecule has 0 unspecified atom stereocenters. The largest absolute Gasteiger partial charge is 0.493 e. The van der Waals surface area contributed by atoms with Gasteiger partial charge >= 0.3 is 0 Å². The van der Waals surface area contributed by atoms with Crippen molar-refractivity contribution in [3.8, 4) is 5.75 Å². The van der Waals surface area contributed by atoms with Crippen molar-refractivity contribution in [3.63, 3.8) is 0 Å². The molecule has 3 rings (SSSR count). The summed E-state index contributed by atoms with van der Waals surface area (Å²) in [5.74, 6) is 0.845. The maximum absolute atomic E-state index is 12.8. The van der Waals surface area contributed by atoms with Gasteiger partial charge < -0.3 is 9.64 Å². The van der Waals surface area contributed by atoms with Crippen LogP contribution in [0.25, 0.3) is 0 Å². The third-order valence-corrected chi connectivity index (χ3v) is 6.74. The summed E-state index contributed by atoms with van der Waals surface area (Å²) in [6, 6.07) is 15.1. The predicted octanol–water partition coefficient (Wildman–Crippen LogP) is 0.953. The number of hydrogen-bond acceptors (Lipinski definition) is 5. The quantitative estimate of drug-likeness (QED) is 0.400. The number of nitrogens with one attached hydrogen (secondary N) is 1. The molecule has 0 amide bonds. The van der Waals surface area contributed by atoms with E-state index in [1.54, 1.807) is 0 Å². The lowest BCUT2D eigenvalue weighted by Gasteiger charge is -2.31. The lowest BCUT2D eigenvalue weighted by Crippen LogP contribution is -3.14. The Labute approximate surface area is 164 Å². The molecular formula is C19H24N3O5S+. The Balaban J connectivity index is 1.50. The topological polar surface area (TPSA) is 94.2 Å². The van der Waals surface area contributed by atoms with Crippen LogP contribution in [-0.4, -0.2) is 57.0 Å². The van der Waals surface area contributed by atoms with E-state index in [0.29, 0.717) is 32.8 Å². The van der Waals surface area contributed by atoms with Crippen LogP contribution in [-0.2, 0) is 10.0 Å². The molecule has 8 nitrogen and oxygen atoms in total. The van der Waals surface area contributed by atoms with Crippen molar-refractivity contribution in [2.45, 2.75) is 11.3 Å². The summed E-state index contributed by atoms with van der Waals surface area (Å²) in [5.41, 5.74) is -0.379. The van der Waals surface area contributed by atoms with Crippen LogP contribution in [0.15, 0.2) is 59.5 Å². The Morgan fingerprint density at radius 3 is 2.36 bits per heavy atom. The summed E-state index contributed by atoms with van der Waals surface area (Å²) in [7, 11) is -3.87. The molecule has 0 aliphatic carbocycles. The van der Waals surface area contributed by atoms with E-state index in [1.165, 1.54) is 33.5 Å². The van der Waals surface area contributed by atoms with Crippen LogP contribution < -0.4 is 9.64 Å². The van der Waals surface area contributed by atoms with Gasteiger partial charge in [0.1, 0.15) is 5.75 Å². The van der Waals surface area contributed by atoms with Crippen LogP contribution in [0.4, 0.5) is 5.69 Å². The van der Waals surface area contributed by atoms with E-state index < -0.39 is 14.9 Å². The average molecular weight is 406 g/mol. The molecule has 0 aromatic heterocycles. The summed E-state index contributed by atoms with van der Waals surface area (Å²) in [5, 5.41) is 11.2. The van der Waals surface area contributed by atoms with Gasteiger partial charge in [-0.05, 0) is 18.2 Å². The van der Waals surface area contributed by atoms with Gasteiger partial charge in [0, 0.05) is 12.5 Å². The zero-order valence-corrected chi connectivity index (χ0v) is 16.3. The van der Waals surface area contributed by atoms with Gasteiger partial charge in [-0.25, -0.2) is 8.42 Å². The minimum atomic E-state index is -3.87. The molecule has 1 aliphatic rings. The number of nitro benzene ring substituents is 1. The number of nitrogens with zero attached hydrogens (tertiary/aromatic N) is 2. The second-order valence-electron chi connectivity index (χ2n) is 6.64. The fourth-order valence-corrected chi connectivity index (χ4v) is 4.89. The highest BCUT2D eigenvalue weighted by molar-refractivity contribution is 7.89. The van der Waals surface area contributed by atoms with Gasteiger partial charge in [0.05, 0.1) is 44.3 Å². The predicted molar refractivity (Wildman–Crippen MR) is 104 cm³/mol. The zero-order valence-electron chi connectivity index (χ0n) is 15.5. The second kappa shape index (κ2) is 9.13. The fraction of sp³-hybridized carbons (Fsp3) is 0.368. The van der Waals surface area contributed by atoms with Crippen LogP contribution >= 0.6 is 0 Å². The Morgan fingerprint density at radius 2 is 1.68 bits per heavy atom. The van der Waals surface area contributed by atoms with Crippen LogP contribution in [0.5, 0.6) is 5.75 Å². The van der Waals surface area contributed by atoms with Crippen molar-refractivity contribution in [3.05, 3.63) is 64.7 Å². The molecule has 0 spiro atoms. The maximum atomic E-state index is 12.8.